The number of amides is 1. The van der Waals surface area contributed by atoms with Crippen LogP contribution in [0.15, 0.2) is 36.4 Å². The Balaban J connectivity index is 1.55. The van der Waals surface area contributed by atoms with Crippen LogP contribution in [-0.4, -0.2) is 44.8 Å². The number of hydrogen-bond donors (Lipinski definition) is 0. The summed E-state index contributed by atoms with van der Waals surface area (Å²) in [4.78, 5) is 14.9. The Bertz CT molecular complexity index is 990. The van der Waals surface area contributed by atoms with Gasteiger partial charge in [-0.3, -0.25) is 4.79 Å². The van der Waals surface area contributed by atoms with Crippen molar-refractivity contribution < 1.29 is 23.7 Å². The third kappa shape index (κ3) is 4.59. The molecule has 2 aliphatic heterocycles. The number of methoxy groups -OCH3 is 2. The molecular formula is C24H26ClNO5. The van der Waals surface area contributed by atoms with Crippen LogP contribution in [-0.2, 0) is 4.79 Å². The molecule has 0 radical (unpaired) electrons. The number of fused-ring (bicyclic) bond motifs is 1. The van der Waals surface area contributed by atoms with Crippen molar-refractivity contribution in [2.24, 2.45) is 0 Å². The predicted octanol–water partition coefficient (Wildman–Crippen LogP) is 4.90. The molecule has 6 nitrogen and oxygen atoms in total. The molecule has 1 unspecified atom stereocenters. The average molecular weight is 444 g/mol. The SMILES string of the molecule is COc1ccc(OC)c(C2CCCN2C(=O)C=Cc2cc(Cl)c3c(c2)OCCCO3)c1. The fraction of sp³-hybridized carbons (Fsp3) is 0.375. The smallest absolute Gasteiger partial charge is 0.247 e. The molecule has 0 aliphatic carbocycles. The number of ether oxygens (including phenoxy) is 4. The molecule has 2 heterocycles. The van der Waals surface area contributed by atoms with Crippen LogP contribution in [0.4, 0.5) is 0 Å². The second-order valence-corrected chi connectivity index (χ2v) is 7.92. The molecule has 1 fully saturated rings. The quantitative estimate of drug-likeness (QED) is 0.615. The molecular weight excluding hydrogens is 418 g/mol. The second kappa shape index (κ2) is 9.52. The summed E-state index contributed by atoms with van der Waals surface area (Å²) in [6.45, 7) is 1.84. The maximum absolute atomic E-state index is 13.1. The lowest BCUT2D eigenvalue weighted by atomic mass is 10.0. The molecule has 2 aliphatic rings. The minimum Gasteiger partial charge on any atom is -0.497 e. The van der Waals surface area contributed by atoms with Crippen LogP contribution in [0.3, 0.4) is 0 Å². The molecule has 0 N–H and O–H groups in total. The standard InChI is InChI=1S/C24H26ClNO5/c1-28-17-7-8-21(29-2)18(15-17)20-5-3-10-26(20)23(27)9-6-16-13-19(25)24-22(14-16)30-11-4-12-31-24/h6-9,13-15,20H,3-5,10-12H2,1-2H3. The van der Waals surface area contributed by atoms with Gasteiger partial charge in [0.05, 0.1) is 38.5 Å². The first-order valence-electron chi connectivity index (χ1n) is 10.4. The normalized spacial score (nSPS) is 18.2. The molecule has 1 atom stereocenters. The zero-order chi connectivity index (χ0) is 21.8. The van der Waals surface area contributed by atoms with Gasteiger partial charge in [0, 0.05) is 24.6 Å². The first-order chi connectivity index (χ1) is 15.1. The maximum atomic E-state index is 13.1. The van der Waals surface area contributed by atoms with Gasteiger partial charge in [-0.05, 0) is 54.8 Å². The van der Waals surface area contributed by atoms with E-state index < -0.39 is 0 Å². The molecule has 31 heavy (non-hydrogen) atoms. The van der Waals surface area contributed by atoms with Crippen LogP contribution < -0.4 is 18.9 Å². The van der Waals surface area contributed by atoms with Crippen LogP contribution in [0.1, 0.15) is 36.4 Å². The first-order valence-corrected chi connectivity index (χ1v) is 10.8. The van der Waals surface area contributed by atoms with Gasteiger partial charge in [0.2, 0.25) is 5.91 Å². The van der Waals surface area contributed by atoms with Gasteiger partial charge in [0.1, 0.15) is 11.5 Å². The van der Waals surface area contributed by atoms with Gasteiger partial charge in [0.15, 0.2) is 11.5 Å². The number of rotatable bonds is 5. The largest absolute Gasteiger partial charge is 0.497 e. The Morgan fingerprint density at radius 1 is 1.13 bits per heavy atom. The van der Waals surface area contributed by atoms with Crippen molar-refractivity contribution in [1.29, 1.82) is 0 Å². The Morgan fingerprint density at radius 2 is 1.97 bits per heavy atom. The van der Waals surface area contributed by atoms with E-state index in [4.69, 9.17) is 30.5 Å². The molecule has 0 bridgehead atoms. The molecule has 0 aromatic heterocycles. The van der Waals surface area contributed by atoms with Crippen molar-refractivity contribution in [1.82, 2.24) is 4.90 Å². The van der Waals surface area contributed by atoms with Crippen LogP contribution in [0.5, 0.6) is 23.0 Å². The molecule has 164 valence electrons. The number of carbonyl (C=O) groups is 1. The topological polar surface area (TPSA) is 57.2 Å². The van der Waals surface area contributed by atoms with Crippen molar-refractivity contribution in [3.63, 3.8) is 0 Å². The van der Waals surface area contributed by atoms with E-state index in [1.165, 1.54) is 0 Å². The number of benzene rings is 2. The van der Waals surface area contributed by atoms with Crippen molar-refractivity contribution in [2.45, 2.75) is 25.3 Å². The van der Waals surface area contributed by atoms with Crippen molar-refractivity contribution in [2.75, 3.05) is 34.0 Å². The number of nitrogens with zero attached hydrogens (tertiary/aromatic N) is 1. The van der Waals surface area contributed by atoms with Gasteiger partial charge in [-0.2, -0.15) is 0 Å². The highest BCUT2D eigenvalue weighted by Crippen LogP contribution is 2.40. The van der Waals surface area contributed by atoms with E-state index in [1.54, 1.807) is 32.4 Å². The Morgan fingerprint density at radius 3 is 2.77 bits per heavy atom. The summed E-state index contributed by atoms with van der Waals surface area (Å²) in [5, 5.41) is 0.478. The molecule has 0 spiro atoms. The summed E-state index contributed by atoms with van der Waals surface area (Å²) in [6.07, 6.45) is 5.96. The summed E-state index contributed by atoms with van der Waals surface area (Å²) in [5.41, 5.74) is 1.75. The van der Waals surface area contributed by atoms with E-state index >= 15 is 0 Å². The lowest BCUT2D eigenvalue weighted by Crippen LogP contribution is -2.29. The van der Waals surface area contributed by atoms with E-state index in [-0.39, 0.29) is 11.9 Å². The first kappa shape index (κ1) is 21.4. The van der Waals surface area contributed by atoms with Crippen molar-refractivity contribution in [3.8, 4) is 23.0 Å². The summed E-state index contributed by atoms with van der Waals surface area (Å²) in [7, 11) is 3.27. The van der Waals surface area contributed by atoms with E-state index in [2.05, 4.69) is 0 Å². The predicted molar refractivity (Wildman–Crippen MR) is 119 cm³/mol. The number of halogens is 1. The minimum atomic E-state index is -0.0606. The van der Waals surface area contributed by atoms with Crippen LogP contribution in [0.25, 0.3) is 6.08 Å². The van der Waals surface area contributed by atoms with Crippen LogP contribution in [0, 0.1) is 0 Å². The van der Waals surface area contributed by atoms with E-state index in [9.17, 15) is 4.79 Å². The van der Waals surface area contributed by atoms with Gasteiger partial charge in [-0.1, -0.05) is 11.6 Å². The fourth-order valence-electron chi connectivity index (χ4n) is 4.06. The molecule has 2 aromatic rings. The zero-order valence-corrected chi connectivity index (χ0v) is 18.5. The van der Waals surface area contributed by atoms with Gasteiger partial charge in [-0.15, -0.1) is 0 Å². The highest BCUT2D eigenvalue weighted by atomic mass is 35.5. The molecule has 2 aromatic carbocycles. The fourth-order valence-corrected chi connectivity index (χ4v) is 4.34. The number of likely N-dealkylation sites (tertiary alicyclic amines) is 1. The summed E-state index contributed by atoms with van der Waals surface area (Å²) < 4.78 is 22.3. The summed E-state index contributed by atoms with van der Waals surface area (Å²) in [6, 6.07) is 9.26. The highest BCUT2D eigenvalue weighted by Gasteiger charge is 2.31. The van der Waals surface area contributed by atoms with Gasteiger partial charge < -0.3 is 23.8 Å². The van der Waals surface area contributed by atoms with Gasteiger partial charge in [-0.25, -0.2) is 0 Å². The average Bonchev–Trinajstić information content (AvgIpc) is 3.15. The Kier molecular flexibility index (Phi) is 6.56. The van der Waals surface area contributed by atoms with E-state index in [1.807, 2.05) is 29.2 Å². The number of carbonyl (C=O) groups excluding carboxylic acids is 1. The third-order valence-corrected chi connectivity index (χ3v) is 5.86. The summed E-state index contributed by atoms with van der Waals surface area (Å²) >= 11 is 6.37. The zero-order valence-electron chi connectivity index (χ0n) is 17.7. The molecule has 7 heteroatoms. The third-order valence-electron chi connectivity index (χ3n) is 5.57. The van der Waals surface area contributed by atoms with Crippen molar-refractivity contribution >= 4 is 23.6 Å². The molecule has 1 amide bonds. The van der Waals surface area contributed by atoms with Gasteiger partial charge >= 0.3 is 0 Å². The second-order valence-electron chi connectivity index (χ2n) is 7.51. The van der Waals surface area contributed by atoms with Gasteiger partial charge in [0.25, 0.3) is 0 Å². The summed E-state index contributed by atoms with van der Waals surface area (Å²) in [5.74, 6) is 2.61. The van der Waals surface area contributed by atoms with Crippen molar-refractivity contribution in [3.05, 3.63) is 52.6 Å². The number of hydrogen-bond acceptors (Lipinski definition) is 5. The monoisotopic (exact) mass is 443 g/mol. The van der Waals surface area contributed by atoms with E-state index in [0.29, 0.717) is 36.3 Å². The van der Waals surface area contributed by atoms with Crippen LogP contribution >= 0.6 is 11.6 Å². The van der Waals surface area contributed by atoms with E-state index in [0.717, 1.165) is 41.9 Å². The minimum absolute atomic E-state index is 0.0596. The van der Waals surface area contributed by atoms with Crippen LogP contribution in [0.2, 0.25) is 5.02 Å². The molecule has 0 saturated carbocycles. The molecule has 4 rings (SSSR count). The highest BCUT2D eigenvalue weighted by molar-refractivity contribution is 6.32. The lowest BCUT2D eigenvalue weighted by Gasteiger charge is -2.25. The Hall–Kier alpha value is -2.86. The maximum Gasteiger partial charge on any atom is 0.247 e. The Labute approximate surface area is 187 Å². The molecule has 1 saturated heterocycles. The lowest BCUT2D eigenvalue weighted by molar-refractivity contribution is -0.126.